The van der Waals surface area contributed by atoms with E-state index in [1.807, 2.05) is 0 Å². The lowest BCUT2D eigenvalue weighted by Gasteiger charge is -2.46. The number of hydrogen-bond acceptors (Lipinski definition) is 1. The van der Waals surface area contributed by atoms with Gasteiger partial charge in [-0.15, -0.1) is 0 Å². The van der Waals surface area contributed by atoms with Gasteiger partial charge in [-0.2, -0.15) is 0 Å². The Balaban J connectivity index is 2.76. The molecule has 1 aliphatic rings. The van der Waals surface area contributed by atoms with Gasteiger partial charge in [-0.25, -0.2) is 0 Å². The molecular weight excluding hydrogens is 148 g/mol. The Morgan fingerprint density at radius 2 is 1.83 bits per heavy atom. The summed E-state index contributed by atoms with van der Waals surface area (Å²) in [5, 5.41) is 9.31. The molecule has 3 unspecified atom stereocenters. The molecule has 1 aliphatic carbocycles. The van der Waals surface area contributed by atoms with E-state index in [9.17, 15) is 5.11 Å². The number of hydrogen-bond donors (Lipinski definition) is 1. The summed E-state index contributed by atoms with van der Waals surface area (Å²) in [6.45, 7) is 9.55. The molecule has 0 aromatic heterocycles. The van der Waals surface area contributed by atoms with Crippen LogP contribution in [-0.2, 0) is 0 Å². The maximum atomic E-state index is 9.31. The standard InChI is InChI=1S/C11H22O/c1-8-5-6-9(2)11(3,4)10(8)7-12/h8-10,12H,5-7H2,1-4H3. The summed E-state index contributed by atoms with van der Waals surface area (Å²) in [6, 6.07) is 0. The Morgan fingerprint density at radius 1 is 1.25 bits per heavy atom. The van der Waals surface area contributed by atoms with Crippen LogP contribution >= 0.6 is 0 Å². The molecule has 1 saturated carbocycles. The van der Waals surface area contributed by atoms with Crippen molar-refractivity contribution in [2.45, 2.75) is 40.5 Å². The van der Waals surface area contributed by atoms with Gasteiger partial charge in [0.15, 0.2) is 0 Å². The van der Waals surface area contributed by atoms with Crippen molar-refractivity contribution in [3.05, 3.63) is 0 Å². The molecule has 72 valence electrons. The van der Waals surface area contributed by atoms with E-state index in [0.717, 1.165) is 5.92 Å². The molecule has 1 fully saturated rings. The van der Waals surface area contributed by atoms with Crippen molar-refractivity contribution in [2.75, 3.05) is 6.61 Å². The van der Waals surface area contributed by atoms with E-state index in [1.54, 1.807) is 0 Å². The lowest BCUT2D eigenvalue weighted by Crippen LogP contribution is -2.41. The smallest absolute Gasteiger partial charge is 0.0467 e. The predicted octanol–water partition coefficient (Wildman–Crippen LogP) is 2.69. The summed E-state index contributed by atoms with van der Waals surface area (Å²) < 4.78 is 0. The zero-order valence-corrected chi connectivity index (χ0v) is 8.80. The fourth-order valence-corrected chi connectivity index (χ4v) is 2.60. The molecule has 0 aromatic rings. The van der Waals surface area contributed by atoms with E-state index in [4.69, 9.17) is 0 Å². The first-order chi connectivity index (χ1) is 5.50. The highest BCUT2D eigenvalue weighted by atomic mass is 16.3. The van der Waals surface area contributed by atoms with Gasteiger partial charge in [-0.1, -0.05) is 34.1 Å². The molecule has 12 heavy (non-hydrogen) atoms. The van der Waals surface area contributed by atoms with Gasteiger partial charge in [-0.3, -0.25) is 0 Å². The SMILES string of the molecule is CC1CCC(C)C(C)(C)C1CO. The minimum atomic E-state index is 0.326. The number of rotatable bonds is 1. The van der Waals surface area contributed by atoms with Crippen LogP contribution in [0.2, 0.25) is 0 Å². The zero-order valence-electron chi connectivity index (χ0n) is 8.80. The number of aliphatic hydroxyl groups is 1. The van der Waals surface area contributed by atoms with Crippen molar-refractivity contribution in [1.29, 1.82) is 0 Å². The Hall–Kier alpha value is -0.0400. The highest BCUT2D eigenvalue weighted by Gasteiger charge is 2.40. The maximum Gasteiger partial charge on any atom is 0.0467 e. The van der Waals surface area contributed by atoms with Gasteiger partial charge < -0.3 is 5.11 Å². The average Bonchev–Trinajstić information content (AvgIpc) is 1.98. The Morgan fingerprint density at radius 3 is 2.25 bits per heavy atom. The maximum absolute atomic E-state index is 9.31. The first-order valence-electron chi connectivity index (χ1n) is 5.11. The summed E-state index contributed by atoms with van der Waals surface area (Å²) in [5.74, 6) is 1.95. The van der Waals surface area contributed by atoms with Crippen LogP contribution in [-0.4, -0.2) is 11.7 Å². The molecule has 0 bridgehead atoms. The Kier molecular flexibility index (Phi) is 2.82. The predicted molar refractivity (Wildman–Crippen MR) is 51.9 cm³/mol. The second-order valence-electron chi connectivity index (χ2n) is 5.07. The van der Waals surface area contributed by atoms with Crippen LogP contribution < -0.4 is 0 Å². The van der Waals surface area contributed by atoms with Gasteiger partial charge in [0.1, 0.15) is 0 Å². The van der Waals surface area contributed by atoms with Crippen molar-refractivity contribution in [1.82, 2.24) is 0 Å². The van der Waals surface area contributed by atoms with Gasteiger partial charge in [0.05, 0.1) is 0 Å². The largest absolute Gasteiger partial charge is 0.396 e. The fraction of sp³-hybridized carbons (Fsp3) is 1.00. The summed E-state index contributed by atoms with van der Waals surface area (Å²) in [6.07, 6.45) is 2.61. The molecule has 1 rings (SSSR count). The fourth-order valence-electron chi connectivity index (χ4n) is 2.60. The van der Waals surface area contributed by atoms with Gasteiger partial charge >= 0.3 is 0 Å². The minimum absolute atomic E-state index is 0.326. The Labute approximate surface area is 76.2 Å². The van der Waals surface area contributed by atoms with E-state index in [2.05, 4.69) is 27.7 Å². The second kappa shape index (κ2) is 3.37. The zero-order chi connectivity index (χ0) is 9.35. The molecule has 0 amide bonds. The third-order valence-electron chi connectivity index (χ3n) is 4.16. The van der Waals surface area contributed by atoms with Crippen molar-refractivity contribution < 1.29 is 5.11 Å². The summed E-state index contributed by atoms with van der Waals surface area (Å²) in [5.41, 5.74) is 0.326. The lowest BCUT2D eigenvalue weighted by atomic mass is 9.59. The highest BCUT2D eigenvalue weighted by Crippen LogP contribution is 2.47. The van der Waals surface area contributed by atoms with Crippen LogP contribution in [0.4, 0.5) is 0 Å². The highest BCUT2D eigenvalue weighted by molar-refractivity contribution is 4.89. The molecule has 0 saturated heterocycles. The van der Waals surface area contributed by atoms with E-state index >= 15 is 0 Å². The molecule has 0 radical (unpaired) electrons. The van der Waals surface area contributed by atoms with Crippen LogP contribution in [0.5, 0.6) is 0 Å². The van der Waals surface area contributed by atoms with Crippen LogP contribution in [0.1, 0.15) is 40.5 Å². The molecule has 0 spiro atoms. The Bertz CT molecular complexity index is 151. The molecule has 0 aliphatic heterocycles. The third-order valence-corrected chi connectivity index (χ3v) is 4.16. The second-order valence-corrected chi connectivity index (χ2v) is 5.07. The number of aliphatic hydroxyl groups excluding tert-OH is 1. The monoisotopic (exact) mass is 170 g/mol. The lowest BCUT2D eigenvalue weighted by molar-refractivity contribution is -0.00854. The van der Waals surface area contributed by atoms with Crippen LogP contribution in [0, 0.1) is 23.2 Å². The van der Waals surface area contributed by atoms with Crippen LogP contribution in [0.25, 0.3) is 0 Å². The molecule has 1 nitrogen and oxygen atoms in total. The van der Waals surface area contributed by atoms with Crippen LogP contribution in [0.15, 0.2) is 0 Å². The summed E-state index contributed by atoms with van der Waals surface area (Å²) >= 11 is 0. The van der Waals surface area contributed by atoms with Crippen LogP contribution in [0.3, 0.4) is 0 Å². The van der Waals surface area contributed by atoms with Crippen molar-refractivity contribution >= 4 is 0 Å². The van der Waals surface area contributed by atoms with E-state index in [0.29, 0.717) is 23.9 Å². The van der Waals surface area contributed by atoms with Gasteiger partial charge in [-0.05, 0) is 29.6 Å². The molecule has 3 atom stereocenters. The first kappa shape index (κ1) is 10.0. The molecular formula is C11H22O. The van der Waals surface area contributed by atoms with Crippen molar-refractivity contribution in [3.63, 3.8) is 0 Å². The first-order valence-corrected chi connectivity index (χ1v) is 5.11. The van der Waals surface area contributed by atoms with Gasteiger partial charge in [0.2, 0.25) is 0 Å². The minimum Gasteiger partial charge on any atom is -0.396 e. The molecule has 0 heterocycles. The molecule has 1 heteroatoms. The van der Waals surface area contributed by atoms with Gasteiger partial charge in [0, 0.05) is 6.61 Å². The van der Waals surface area contributed by atoms with E-state index in [1.165, 1.54) is 12.8 Å². The molecule has 1 N–H and O–H groups in total. The average molecular weight is 170 g/mol. The van der Waals surface area contributed by atoms with Crippen molar-refractivity contribution in [3.8, 4) is 0 Å². The summed E-state index contributed by atoms with van der Waals surface area (Å²) in [4.78, 5) is 0. The normalized spacial score (nSPS) is 41.2. The van der Waals surface area contributed by atoms with E-state index in [-0.39, 0.29) is 0 Å². The quantitative estimate of drug-likeness (QED) is 0.641. The van der Waals surface area contributed by atoms with Crippen molar-refractivity contribution in [2.24, 2.45) is 23.2 Å². The van der Waals surface area contributed by atoms with E-state index < -0.39 is 0 Å². The summed E-state index contributed by atoms with van der Waals surface area (Å²) in [7, 11) is 0. The van der Waals surface area contributed by atoms with Gasteiger partial charge in [0.25, 0.3) is 0 Å². The third kappa shape index (κ3) is 1.52. The topological polar surface area (TPSA) is 20.2 Å². The molecule has 0 aromatic carbocycles.